The molecular weight excluding hydrogens is 372 g/mol. The molecular formula is C18H21ClN4O2S. The second-order valence-electron chi connectivity index (χ2n) is 6.84. The summed E-state index contributed by atoms with van der Waals surface area (Å²) in [5, 5.41) is 9.81. The van der Waals surface area contributed by atoms with Crippen molar-refractivity contribution in [2.75, 3.05) is 0 Å². The third-order valence-electron chi connectivity index (χ3n) is 3.73. The van der Waals surface area contributed by atoms with E-state index in [4.69, 9.17) is 16.0 Å². The smallest absolute Gasteiger partial charge is 0.262 e. The Labute approximate surface area is 161 Å². The zero-order chi connectivity index (χ0) is 18.8. The van der Waals surface area contributed by atoms with Crippen LogP contribution >= 0.6 is 23.4 Å². The quantitative estimate of drug-likeness (QED) is 0.454. The van der Waals surface area contributed by atoms with Crippen molar-refractivity contribution >= 4 is 34.3 Å². The van der Waals surface area contributed by atoms with Gasteiger partial charge in [-0.3, -0.25) is 9.36 Å². The van der Waals surface area contributed by atoms with Gasteiger partial charge in [-0.1, -0.05) is 51.1 Å². The molecule has 0 aliphatic carbocycles. The normalized spacial score (nSPS) is 11.8. The van der Waals surface area contributed by atoms with Crippen LogP contribution in [0, 0.1) is 5.92 Å². The fourth-order valence-electron chi connectivity index (χ4n) is 2.49. The van der Waals surface area contributed by atoms with E-state index in [2.05, 4.69) is 29.0 Å². The molecule has 2 heterocycles. The lowest BCUT2D eigenvalue weighted by Gasteiger charge is -2.14. The second kappa shape index (κ2) is 7.80. The van der Waals surface area contributed by atoms with E-state index in [9.17, 15) is 4.79 Å². The van der Waals surface area contributed by atoms with Crippen LogP contribution in [0.3, 0.4) is 0 Å². The maximum Gasteiger partial charge on any atom is 0.262 e. The Morgan fingerprint density at radius 3 is 2.65 bits per heavy atom. The molecule has 8 heteroatoms. The van der Waals surface area contributed by atoms with Gasteiger partial charge in [-0.2, -0.15) is 0 Å². The number of nitrogens with zero attached hydrogens (tertiary/aromatic N) is 4. The van der Waals surface area contributed by atoms with Crippen molar-refractivity contribution < 1.29 is 4.42 Å². The van der Waals surface area contributed by atoms with E-state index in [1.54, 1.807) is 22.8 Å². The monoisotopic (exact) mass is 392 g/mol. The topological polar surface area (TPSA) is 73.8 Å². The highest BCUT2D eigenvalue weighted by Crippen LogP contribution is 2.24. The number of fused-ring (bicyclic) bond motifs is 1. The Morgan fingerprint density at radius 2 is 2.00 bits per heavy atom. The molecule has 0 radical (unpaired) electrons. The molecule has 3 rings (SSSR count). The van der Waals surface area contributed by atoms with Crippen LogP contribution < -0.4 is 5.56 Å². The molecule has 0 atom stereocenters. The molecule has 0 fully saturated rings. The van der Waals surface area contributed by atoms with E-state index >= 15 is 0 Å². The molecule has 0 N–H and O–H groups in total. The van der Waals surface area contributed by atoms with Gasteiger partial charge in [-0.05, 0) is 24.1 Å². The summed E-state index contributed by atoms with van der Waals surface area (Å²) >= 11 is 7.47. The highest BCUT2D eigenvalue weighted by Gasteiger charge is 2.15. The molecule has 0 unspecified atom stereocenters. The first kappa shape index (κ1) is 18.9. The lowest BCUT2D eigenvalue weighted by molar-refractivity contribution is 0.444. The van der Waals surface area contributed by atoms with Crippen molar-refractivity contribution in [3.63, 3.8) is 0 Å². The van der Waals surface area contributed by atoms with Crippen molar-refractivity contribution in [2.45, 2.75) is 51.1 Å². The van der Waals surface area contributed by atoms with E-state index in [0.29, 0.717) is 51.1 Å². The average Bonchev–Trinajstić information content (AvgIpc) is 3.05. The molecule has 6 nitrogen and oxygen atoms in total. The first-order valence-electron chi connectivity index (χ1n) is 8.50. The Morgan fingerprint density at radius 1 is 1.23 bits per heavy atom. The molecule has 0 aliphatic heterocycles. The third kappa shape index (κ3) is 4.10. The molecule has 138 valence electrons. The van der Waals surface area contributed by atoms with E-state index in [0.717, 1.165) is 0 Å². The second-order valence-corrected chi connectivity index (χ2v) is 8.22. The maximum absolute atomic E-state index is 12.9. The number of thioether (sulfide) groups is 1. The van der Waals surface area contributed by atoms with Crippen LogP contribution in [0.1, 0.15) is 45.4 Å². The largest absolute Gasteiger partial charge is 0.424 e. The van der Waals surface area contributed by atoms with Crippen molar-refractivity contribution in [3.8, 4) is 0 Å². The van der Waals surface area contributed by atoms with Crippen LogP contribution in [0.5, 0.6) is 0 Å². The highest BCUT2D eigenvalue weighted by molar-refractivity contribution is 7.98. The molecule has 0 spiro atoms. The predicted octanol–water partition coefficient (Wildman–Crippen LogP) is 4.50. The summed E-state index contributed by atoms with van der Waals surface area (Å²) in [4.78, 5) is 17.6. The van der Waals surface area contributed by atoms with Crippen LogP contribution in [0.15, 0.2) is 32.6 Å². The van der Waals surface area contributed by atoms with Gasteiger partial charge in [-0.25, -0.2) is 4.98 Å². The van der Waals surface area contributed by atoms with Crippen molar-refractivity contribution in [2.24, 2.45) is 5.92 Å². The minimum Gasteiger partial charge on any atom is -0.424 e. The number of hydrogen-bond acceptors (Lipinski definition) is 6. The number of rotatable bonds is 6. The Hall–Kier alpha value is -1.86. The minimum absolute atomic E-state index is 0.0814. The first-order valence-corrected chi connectivity index (χ1v) is 9.86. The first-order chi connectivity index (χ1) is 12.3. The molecule has 0 aliphatic rings. The predicted molar refractivity (Wildman–Crippen MR) is 104 cm³/mol. The van der Waals surface area contributed by atoms with Crippen molar-refractivity contribution in [1.82, 2.24) is 19.7 Å². The summed E-state index contributed by atoms with van der Waals surface area (Å²) in [5.41, 5.74) is 0.553. The molecule has 3 aromatic rings. The van der Waals surface area contributed by atoms with Crippen LogP contribution in [0.25, 0.3) is 10.9 Å². The Balaban J connectivity index is 1.97. The number of halogens is 1. The molecule has 2 aromatic heterocycles. The lowest BCUT2D eigenvalue weighted by Crippen LogP contribution is -2.25. The van der Waals surface area contributed by atoms with E-state index < -0.39 is 0 Å². The van der Waals surface area contributed by atoms with Crippen molar-refractivity contribution in [3.05, 3.63) is 45.4 Å². The fraction of sp³-hybridized carbons (Fsp3) is 0.444. The van der Waals surface area contributed by atoms with Gasteiger partial charge in [0.05, 0.1) is 16.7 Å². The van der Waals surface area contributed by atoms with Gasteiger partial charge in [0.25, 0.3) is 5.56 Å². The number of benzene rings is 1. The Bertz CT molecular complexity index is 981. The summed E-state index contributed by atoms with van der Waals surface area (Å²) in [6, 6.07) is 5.18. The molecule has 26 heavy (non-hydrogen) atoms. The number of aromatic nitrogens is 4. The SMILES string of the molecule is CC(C)Cn1c(SCc2nnc(C(C)C)o2)nc2ccc(Cl)cc2c1=O. The number of hydrogen-bond donors (Lipinski definition) is 0. The summed E-state index contributed by atoms with van der Waals surface area (Å²) in [5.74, 6) is 2.09. The van der Waals surface area contributed by atoms with Crippen LogP contribution in [0.2, 0.25) is 5.02 Å². The molecule has 0 saturated carbocycles. The van der Waals surface area contributed by atoms with E-state index in [1.807, 2.05) is 13.8 Å². The van der Waals surface area contributed by atoms with Crippen LogP contribution in [-0.2, 0) is 12.3 Å². The zero-order valence-electron chi connectivity index (χ0n) is 15.2. The average molecular weight is 393 g/mol. The lowest BCUT2D eigenvalue weighted by atomic mass is 10.2. The van der Waals surface area contributed by atoms with Crippen molar-refractivity contribution in [1.29, 1.82) is 0 Å². The van der Waals surface area contributed by atoms with Gasteiger partial charge >= 0.3 is 0 Å². The molecule has 0 bridgehead atoms. The van der Waals surface area contributed by atoms with Gasteiger partial charge in [0.15, 0.2) is 5.16 Å². The molecule has 1 aromatic carbocycles. The van der Waals surface area contributed by atoms with E-state index in [-0.39, 0.29) is 11.5 Å². The van der Waals surface area contributed by atoms with E-state index in [1.165, 1.54) is 11.8 Å². The highest BCUT2D eigenvalue weighted by atomic mass is 35.5. The summed E-state index contributed by atoms with van der Waals surface area (Å²) < 4.78 is 7.35. The summed E-state index contributed by atoms with van der Waals surface area (Å²) in [6.45, 7) is 8.71. The van der Waals surface area contributed by atoms with Gasteiger partial charge in [-0.15, -0.1) is 10.2 Å². The fourth-order valence-corrected chi connectivity index (χ4v) is 3.51. The van der Waals surface area contributed by atoms with Gasteiger partial charge in [0.1, 0.15) is 0 Å². The molecule has 0 saturated heterocycles. The van der Waals surface area contributed by atoms with Crippen LogP contribution in [0.4, 0.5) is 0 Å². The molecule has 0 amide bonds. The summed E-state index contributed by atoms with van der Waals surface area (Å²) in [7, 11) is 0. The Kier molecular flexibility index (Phi) is 5.67. The van der Waals surface area contributed by atoms with Crippen LogP contribution in [-0.4, -0.2) is 19.7 Å². The third-order valence-corrected chi connectivity index (χ3v) is 4.93. The maximum atomic E-state index is 12.9. The summed E-state index contributed by atoms with van der Waals surface area (Å²) in [6.07, 6.45) is 0. The minimum atomic E-state index is -0.0814. The standard InChI is InChI=1S/C18H21ClN4O2S/c1-10(2)8-23-17(24)13-7-12(19)5-6-14(13)20-18(23)26-9-15-21-22-16(25-15)11(3)4/h5-7,10-11H,8-9H2,1-4H3. The van der Waals surface area contributed by atoms with Gasteiger partial charge in [0.2, 0.25) is 11.8 Å². The van der Waals surface area contributed by atoms with Gasteiger partial charge in [0, 0.05) is 17.5 Å². The zero-order valence-corrected chi connectivity index (χ0v) is 16.8. The van der Waals surface area contributed by atoms with Gasteiger partial charge < -0.3 is 4.42 Å².